The van der Waals surface area contributed by atoms with Gasteiger partial charge in [-0.05, 0) is 18.6 Å². The third-order valence-corrected chi connectivity index (χ3v) is 6.81. The number of nitrogens with zero attached hydrogens (tertiary/aromatic N) is 2. The van der Waals surface area contributed by atoms with Crippen molar-refractivity contribution in [1.82, 2.24) is 8.61 Å². The van der Waals surface area contributed by atoms with Gasteiger partial charge in [-0.1, -0.05) is 12.1 Å². The number of hydrogen-bond donors (Lipinski definition) is 0. The van der Waals surface area contributed by atoms with Crippen LogP contribution in [0.15, 0.2) is 29.2 Å². The minimum absolute atomic E-state index is 0.102. The molecule has 0 N–H and O–H groups in total. The molecule has 0 radical (unpaired) electrons. The van der Waals surface area contributed by atoms with Crippen molar-refractivity contribution in [2.75, 3.05) is 39.5 Å². The number of hydrogen-bond acceptors (Lipinski definition) is 5. The van der Waals surface area contributed by atoms with Crippen molar-refractivity contribution in [2.45, 2.75) is 11.3 Å². The van der Waals surface area contributed by atoms with Crippen LogP contribution < -0.4 is 4.74 Å². The number of benzene rings is 1. The van der Waals surface area contributed by atoms with Crippen molar-refractivity contribution in [3.63, 3.8) is 0 Å². The maximum Gasteiger partial charge on any atom is 0.246 e. The van der Waals surface area contributed by atoms with Crippen LogP contribution in [0.2, 0.25) is 0 Å². The molecule has 1 heterocycles. The average molecular weight is 348 g/mol. The van der Waals surface area contributed by atoms with E-state index in [9.17, 15) is 16.8 Å². The van der Waals surface area contributed by atoms with Crippen LogP contribution in [0.4, 0.5) is 0 Å². The van der Waals surface area contributed by atoms with Gasteiger partial charge >= 0.3 is 0 Å². The van der Waals surface area contributed by atoms with Crippen LogP contribution in [0.5, 0.6) is 5.75 Å². The first-order valence-electron chi connectivity index (χ1n) is 6.85. The van der Waals surface area contributed by atoms with Gasteiger partial charge in [0.05, 0.1) is 13.4 Å². The van der Waals surface area contributed by atoms with E-state index >= 15 is 0 Å². The van der Waals surface area contributed by atoms with E-state index in [4.69, 9.17) is 4.74 Å². The molecule has 0 spiro atoms. The fraction of sp³-hybridized carbons (Fsp3) is 0.538. The summed E-state index contributed by atoms with van der Waals surface area (Å²) in [6.07, 6.45) is 1.60. The molecule has 2 rings (SSSR count). The van der Waals surface area contributed by atoms with Gasteiger partial charge in [0, 0.05) is 26.2 Å². The van der Waals surface area contributed by atoms with Gasteiger partial charge in [-0.2, -0.15) is 4.31 Å². The highest BCUT2D eigenvalue weighted by atomic mass is 32.2. The summed E-state index contributed by atoms with van der Waals surface area (Å²) < 4.78 is 56.5. The zero-order chi connectivity index (χ0) is 16.4. The minimum atomic E-state index is -3.71. The smallest absolute Gasteiger partial charge is 0.246 e. The van der Waals surface area contributed by atoms with Gasteiger partial charge in [-0.3, -0.25) is 0 Å². The number of ether oxygens (including phenoxy) is 1. The Kier molecular flexibility index (Phi) is 5.10. The summed E-state index contributed by atoms with van der Waals surface area (Å²) in [6.45, 7) is 0.907. The summed E-state index contributed by atoms with van der Waals surface area (Å²) in [5, 5.41) is 0. The number of sulfonamides is 2. The molecule has 0 atom stereocenters. The lowest BCUT2D eigenvalue weighted by atomic mass is 10.3. The lowest BCUT2D eigenvalue weighted by Gasteiger charge is -2.21. The first kappa shape index (κ1) is 17.2. The van der Waals surface area contributed by atoms with Gasteiger partial charge in [0.2, 0.25) is 20.0 Å². The quantitative estimate of drug-likeness (QED) is 0.784. The second-order valence-electron chi connectivity index (χ2n) is 5.07. The summed E-state index contributed by atoms with van der Waals surface area (Å²) in [5.74, 6) is 0.284. The number of methoxy groups -OCH3 is 1. The highest BCUT2D eigenvalue weighted by Gasteiger charge is 2.31. The molecule has 7 nitrogen and oxygen atoms in total. The molecule has 1 fully saturated rings. The van der Waals surface area contributed by atoms with Gasteiger partial charge in [-0.15, -0.1) is 0 Å². The molecule has 22 heavy (non-hydrogen) atoms. The highest BCUT2D eigenvalue weighted by molar-refractivity contribution is 7.89. The predicted molar refractivity (Wildman–Crippen MR) is 82.8 cm³/mol. The summed E-state index contributed by atoms with van der Waals surface area (Å²) in [4.78, 5) is 0.102. The van der Waals surface area contributed by atoms with E-state index in [1.807, 2.05) is 0 Å². The van der Waals surface area contributed by atoms with E-state index in [-0.39, 0.29) is 30.3 Å². The molecule has 1 aliphatic heterocycles. The molecule has 0 unspecified atom stereocenters. The van der Waals surface area contributed by atoms with Gasteiger partial charge < -0.3 is 4.74 Å². The van der Waals surface area contributed by atoms with Crippen LogP contribution >= 0.6 is 0 Å². The van der Waals surface area contributed by atoms with Crippen LogP contribution in [-0.4, -0.2) is 65.0 Å². The van der Waals surface area contributed by atoms with Crippen LogP contribution in [0.1, 0.15) is 6.42 Å². The van der Waals surface area contributed by atoms with Crippen LogP contribution in [0.3, 0.4) is 0 Å². The number of para-hydroxylation sites is 1. The van der Waals surface area contributed by atoms with E-state index in [2.05, 4.69) is 0 Å². The van der Waals surface area contributed by atoms with Crippen molar-refractivity contribution in [1.29, 1.82) is 0 Å². The normalized spacial score (nSPS) is 18.8. The molecule has 0 aromatic heterocycles. The molecule has 124 valence electrons. The first-order valence-corrected chi connectivity index (χ1v) is 10.1. The molecule has 0 amide bonds. The van der Waals surface area contributed by atoms with E-state index in [1.165, 1.54) is 21.8 Å². The molecule has 1 saturated heterocycles. The number of rotatable bonds is 4. The maximum atomic E-state index is 12.8. The van der Waals surface area contributed by atoms with E-state index in [1.54, 1.807) is 18.2 Å². The Labute approximate surface area is 131 Å². The zero-order valence-electron chi connectivity index (χ0n) is 12.6. The van der Waals surface area contributed by atoms with E-state index in [0.29, 0.717) is 13.0 Å². The minimum Gasteiger partial charge on any atom is -0.495 e. The van der Waals surface area contributed by atoms with Crippen molar-refractivity contribution < 1.29 is 21.6 Å². The molecule has 9 heteroatoms. The zero-order valence-corrected chi connectivity index (χ0v) is 14.2. The molecule has 1 aliphatic rings. The van der Waals surface area contributed by atoms with Crippen molar-refractivity contribution in [3.8, 4) is 5.75 Å². The molecular weight excluding hydrogens is 328 g/mol. The molecule has 0 saturated carbocycles. The molecule has 0 aliphatic carbocycles. The van der Waals surface area contributed by atoms with Gasteiger partial charge in [0.1, 0.15) is 10.6 Å². The standard InChI is InChI=1S/C13H20N2O5S2/c1-20-12-6-3-4-7-13(12)22(18,19)15-9-5-8-14(10-11-15)21(2,16)17/h3-4,6-7H,5,8-11H2,1-2H3. The molecule has 1 aromatic carbocycles. The molecule has 1 aromatic rings. The Morgan fingerprint density at radius 2 is 1.55 bits per heavy atom. The Hall–Kier alpha value is -1.16. The topological polar surface area (TPSA) is 84.0 Å². The van der Waals surface area contributed by atoms with E-state index < -0.39 is 20.0 Å². The fourth-order valence-electron chi connectivity index (χ4n) is 2.41. The van der Waals surface area contributed by atoms with Crippen molar-refractivity contribution in [2.24, 2.45) is 0 Å². The monoisotopic (exact) mass is 348 g/mol. The Morgan fingerprint density at radius 1 is 0.955 bits per heavy atom. The lowest BCUT2D eigenvalue weighted by Crippen LogP contribution is -2.37. The Bertz CT molecular complexity index is 731. The summed E-state index contributed by atoms with van der Waals surface area (Å²) in [5.41, 5.74) is 0. The maximum absolute atomic E-state index is 12.8. The third-order valence-electron chi connectivity index (χ3n) is 3.57. The second kappa shape index (κ2) is 6.53. The predicted octanol–water partition coefficient (Wildman–Crippen LogP) is 0.351. The van der Waals surface area contributed by atoms with Crippen LogP contribution in [0, 0.1) is 0 Å². The van der Waals surface area contributed by atoms with Gasteiger partial charge in [-0.25, -0.2) is 21.1 Å². The third kappa shape index (κ3) is 3.60. The Balaban J connectivity index is 2.27. The van der Waals surface area contributed by atoms with E-state index in [0.717, 1.165) is 6.26 Å². The summed E-state index contributed by atoms with van der Waals surface area (Å²) in [7, 11) is -5.60. The van der Waals surface area contributed by atoms with Crippen LogP contribution in [0.25, 0.3) is 0 Å². The van der Waals surface area contributed by atoms with Crippen molar-refractivity contribution >= 4 is 20.0 Å². The Morgan fingerprint density at radius 3 is 2.18 bits per heavy atom. The van der Waals surface area contributed by atoms with Gasteiger partial charge in [0.25, 0.3) is 0 Å². The van der Waals surface area contributed by atoms with Crippen LogP contribution in [-0.2, 0) is 20.0 Å². The largest absolute Gasteiger partial charge is 0.495 e. The fourth-order valence-corrected chi connectivity index (χ4v) is 4.91. The van der Waals surface area contributed by atoms with Crippen molar-refractivity contribution in [3.05, 3.63) is 24.3 Å². The lowest BCUT2D eigenvalue weighted by molar-refractivity contribution is 0.389. The van der Waals surface area contributed by atoms with Gasteiger partial charge in [0.15, 0.2) is 0 Å². The molecule has 0 bridgehead atoms. The summed E-state index contributed by atoms with van der Waals surface area (Å²) in [6, 6.07) is 6.42. The summed E-state index contributed by atoms with van der Waals surface area (Å²) >= 11 is 0. The highest BCUT2D eigenvalue weighted by Crippen LogP contribution is 2.27. The molecular formula is C13H20N2O5S2. The average Bonchev–Trinajstić information content (AvgIpc) is 2.73. The first-order chi connectivity index (χ1) is 10.3. The SMILES string of the molecule is COc1ccccc1S(=O)(=O)N1CCCN(S(C)(=O)=O)CC1. The second-order valence-corrected chi connectivity index (χ2v) is 8.96.